The third-order valence-electron chi connectivity index (χ3n) is 4.35. The highest BCUT2D eigenvalue weighted by molar-refractivity contribution is 5.51. The summed E-state index contributed by atoms with van der Waals surface area (Å²) in [6.07, 6.45) is 4.17. The SMILES string of the molecule is COc1ccc(N2CCOC2c2ccn(-c3ccccc3)c2)cc1. The number of anilines is 1. The van der Waals surface area contributed by atoms with Crippen LogP contribution in [0.1, 0.15) is 11.8 Å². The Bertz CT molecular complexity index is 796. The molecule has 1 atom stereocenters. The van der Waals surface area contributed by atoms with Gasteiger partial charge in [-0.1, -0.05) is 18.2 Å². The topological polar surface area (TPSA) is 26.6 Å². The lowest BCUT2D eigenvalue weighted by Gasteiger charge is -2.24. The Morgan fingerprint density at radius 3 is 2.50 bits per heavy atom. The lowest BCUT2D eigenvalue weighted by molar-refractivity contribution is 0.114. The summed E-state index contributed by atoms with van der Waals surface area (Å²) in [6.45, 7) is 1.61. The lowest BCUT2D eigenvalue weighted by Crippen LogP contribution is -2.22. The third-order valence-corrected chi connectivity index (χ3v) is 4.35. The molecule has 0 radical (unpaired) electrons. The summed E-state index contributed by atoms with van der Waals surface area (Å²) in [6, 6.07) is 20.6. The van der Waals surface area contributed by atoms with Gasteiger partial charge in [0.05, 0.1) is 13.7 Å². The fourth-order valence-corrected chi connectivity index (χ4v) is 3.10. The van der Waals surface area contributed by atoms with Crippen LogP contribution in [0.25, 0.3) is 5.69 Å². The second kappa shape index (κ2) is 6.42. The Hall–Kier alpha value is -2.72. The number of hydrogen-bond donors (Lipinski definition) is 0. The summed E-state index contributed by atoms with van der Waals surface area (Å²) in [7, 11) is 1.68. The van der Waals surface area contributed by atoms with E-state index in [9.17, 15) is 0 Å². The van der Waals surface area contributed by atoms with Crippen molar-refractivity contribution in [1.82, 2.24) is 4.57 Å². The van der Waals surface area contributed by atoms with Crippen molar-refractivity contribution >= 4 is 5.69 Å². The molecule has 2 aromatic carbocycles. The Morgan fingerprint density at radius 1 is 0.958 bits per heavy atom. The summed E-state index contributed by atoms with van der Waals surface area (Å²) < 4.78 is 13.4. The fraction of sp³-hybridized carbons (Fsp3) is 0.200. The molecule has 1 aliphatic heterocycles. The minimum atomic E-state index is -0.0524. The number of methoxy groups -OCH3 is 1. The van der Waals surface area contributed by atoms with Crippen LogP contribution in [-0.2, 0) is 4.74 Å². The molecule has 1 saturated heterocycles. The standard InChI is InChI=1S/C20H20N2O2/c1-23-19-9-7-18(8-10-19)22-13-14-24-20(22)16-11-12-21(15-16)17-5-3-2-4-6-17/h2-12,15,20H,13-14H2,1H3. The quantitative estimate of drug-likeness (QED) is 0.726. The van der Waals surface area contributed by atoms with E-state index in [2.05, 4.69) is 52.2 Å². The van der Waals surface area contributed by atoms with E-state index >= 15 is 0 Å². The van der Waals surface area contributed by atoms with Crippen molar-refractivity contribution in [3.8, 4) is 11.4 Å². The summed E-state index contributed by atoms with van der Waals surface area (Å²) in [5, 5.41) is 0. The highest BCUT2D eigenvalue weighted by Crippen LogP contribution is 2.33. The molecule has 122 valence electrons. The van der Waals surface area contributed by atoms with E-state index in [1.807, 2.05) is 30.3 Å². The van der Waals surface area contributed by atoms with Crippen LogP contribution >= 0.6 is 0 Å². The first-order valence-electron chi connectivity index (χ1n) is 8.11. The summed E-state index contributed by atoms with van der Waals surface area (Å²) in [5.74, 6) is 0.866. The smallest absolute Gasteiger partial charge is 0.158 e. The van der Waals surface area contributed by atoms with Crippen molar-refractivity contribution in [3.63, 3.8) is 0 Å². The van der Waals surface area contributed by atoms with E-state index in [1.165, 1.54) is 0 Å². The van der Waals surface area contributed by atoms with E-state index < -0.39 is 0 Å². The maximum absolute atomic E-state index is 5.99. The molecule has 4 nitrogen and oxygen atoms in total. The number of para-hydroxylation sites is 1. The monoisotopic (exact) mass is 320 g/mol. The fourth-order valence-electron chi connectivity index (χ4n) is 3.10. The predicted octanol–water partition coefficient (Wildman–Crippen LogP) is 4.02. The number of nitrogens with zero attached hydrogens (tertiary/aromatic N) is 2. The van der Waals surface area contributed by atoms with Gasteiger partial charge in [-0.05, 0) is 42.5 Å². The van der Waals surface area contributed by atoms with Crippen molar-refractivity contribution in [1.29, 1.82) is 0 Å². The molecule has 3 aromatic rings. The van der Waals surface area contributed by atoms with Crippen LogP contribution in [0.15, 0.2) is 73.1 Å². The normalized spacial score (nSPS) is 17.2. The van der Waals surface area contributed by atoms with Gasteiger partial charge >= 0.3 is 0 Å². The minimum absolute atomic E-state index is 0.0524. The molecule has 1 fully saturated rings. The molecule has 2 heterocycles. The lowest BCUT2D eigenvalue weighted by atomic mass is 10.2. The van der Waals surface area contributed by atoms with E-state index in [1.54, 1.807) is 7.11 Å². The Morgan fingerprint density at radius 2 is 1.75 bits per heavy atom. The Kier molecular flexibility index (Phi) is 3.97. The molecule has 0 bridgehead atoms. The van der Waals surface area contributed by atoms with Crippen molar-refractivity contribution in [3.05, 3.63) is 78.6 Å². The minimum Gasteiger partial charge on any atom is -0.497 e. The van der Waals surface area contributed by atoms with Crippen LogP contribution in [-0.4, -0.2) is 24.8 Å². The van der Waals surface area contributed by atoms with E-state index in [4.69, 9.17) is 9.47 Å². The molecule has 1 aliphatic rings. The molecule has 1 aromatic heterocycles. The Balaban J connectivity index is 1.60. The second-order valence-corrected chi connectivity index (χ2v) is 5.80. The average Bonchev–Trinajstić information content (AvgIpc) is 3.32. The van der Waals surface area contributed by atoms with Gasteiger partial charge in [-0.15, -0.1) is 0 Å². The third kappa shape index (κ3) is 2.76. The second-order valence-electron chi connectivity index (χ2n) is 5.80. The van der Waals surface area contributed by atoms with Crippen molar-refractivity contribution < 1.29 is 9.47 Å². The zero-order valence-corrected chi connectivity index (χ0v) is 13.6. The zero-order chi connectivity index (χ0) is 16.4. The van der Waals surface area contributed by atoms with Crippen molar-refractivity contribution in [2.24, 2.45) is 0 Å². The van der Waals surface area contributed by atoms with E-state index in [0.29, 0.717) is 0 Å². The Labute approximate surface area is 141 Å². The first-order chi connectivity index (χ1) is 11.8. The largest absolute Gasteiger partial charge is 0.497 e. The van der Waals surface area contributed by atoms with Crippen LogP contribution < -0.4 is 9.64 Å². The van der Waals surface area contributed by atoms with Crippen LogP contribution in [0, 0.1) is 0 Å². The summed E-state index contributed by atoms with van der Waals surface area (Å²) in [4.78, 5) is 2.28. The van der Waals surface area contributed by atoms with Gasteiger partial charge in [0.1, 0.15) is 5.75 Å². The zero-order valence-electron chi connectivity index (χ0n) is 13.6. The van der Waals surface area contributed by atoms with E-state index in [0.717, 1.165) is 35.8 Å². The van der Waals surface area contributed by atoms with Gasteiger partial charge in [0, 0.05) is 35.9 Å². The molecule has 0 saturated carbocycles. The molecule has 1 unspecified atom stereocenters. The maximum Gasteiger partial charge on any atom is 0.158 e. The number of rotatable bonds is 4. The number of aromatic nitrogens is 1. The highest BCUT2D eigenvalue weighted by atomic mass is 16.5. The maximum atomic E-state index is 5.99. The van der Waals surface area contributed by atoms with Crippen molar-refractivity contribution in [2.45, 2.75) is 6.23 Å². The average molecular weight is 320 g/mol. The first-order valence-corrected chi connectivity index (χ1v) is 8.11. The molecule has 0 spiro atoms. The molecule has 0 N–H and O–H groups in total. The molecule has 0 aliphatic carbocycles. The number of ether oxygens (including phenoxy) is 2. The molecule has 24 heavy (non-hydrogen) atoms. The van der Waals surface area contributed by atoms with Gasteiger partial charge < -0.3 is 18.9 Å². The number of benzene rings is 2. The molecule has 4 rings (SSSR count). The van der Waals surface area contributed by atoms with Crippen molar-refractivity contribution in [2.75, 3.05) is 25.2 Å². The van der Waals surface area contributed by atoms with Gasteiger partial charge in [0.15, 0.2) is 6.23 Å². The molecular formula is C20H20N2O2. The van der Waals surface area contributed by atoms with Crippen LogP contribution in [0.3, 0.4) is 0 Å². The van der Waals surface area contributed by atoms with Crippen LogP contribution in [0.2, 0.25) is 0 Å². The van der Waals surface area contributed by atoms with Crippen LogP contribution in [0.4, 0.5) is 5.69 Å². The van der Waals surface area contributed by atoms with Gasteiger partial charge in [-0.3, -0.25) is 0 Å². The van der Waals surface area contributed by atoms with Gasteiger partial charge in [-0.2, -0.15) is 0 Å². The van der Waals surface area contributed by atoms with Gasteiger partial charge in [0.2, 0.25) is 0 Å². The van der Waals surface area contributed by atoms with Crippen LogP contribution in [0.5, 0.6) is 5.75 Å². The summed E-state index contributed by atoms with van der Waals surface area (Å²) >= 11 is 0. The van der Waals surface area contributed by atoms with E-state index in [-0.39, 0.29) is 6.23 Å². The molecule has 0 amide bonds. The van der Waals surface area contributed by atoms with Gasteiger partial charge in [-0.25, -0.2) is 0 Å². The summed E-state index contributed by atoms with van der Waals surface area (Å²) in [5.41, 5.74) is 3.45. The molecule has 4 heteroatoms. The van der Waals surface area contributed by atoms with Gasteiger partial charge in [0.25, 0.3) is 0 Å². The predicted molar refractivity (Wildman–Crippen MR) is 94.8 cm³/mol. The first kappa shape index (κ1) is 14.8. The number of hydrogen-bond acceptors (Lipinski definition) is 3. The highest BCUT2D eigenvalue weighted by Gasteiger charge is 2.27. The molecular weight excluding hydrogens is 300 g/mol.